The van der Waals surface area contributed by atoms with E-state index in [1.54, 1.807) is 13.2 Å². The van der Waals surface area contributed by atoms with Crippen LogP contribution in [0.15, 0.2) is 59.1 Å². The van der Waals surface area contributed by atoms with Crippen molar-refractivity contribution >= 4 is 27.5 Å². The van der Waals surface area contributed by atoms with Gasteiger partial charge in [-0.05, 0) is 55.8 Å². The summed E-state index contributed by atoms with van der Waals surface area (Å²) in [6.45, 7) is 3.80. The van der Waals surface area contributed by atoms with Crippen molar-refractivity contribution in [1.29, 1.82) is 0 Å². The Morgan fingerprint density at radius 2 is 1.88 bits per heavy atom. The summed E-state index contributed by atoms with van der Waals surface area (Å²) >= 11 is 3.47. The molecule has 3 rings (SSSR count). The van der Waals surface area contributed by atoms with Crippen molar-refractivity contribution in [3.8, 4) is 17.0 Å². The molecule has 26 heavy (non-hydrogen) atoms. The van der Waals surface area contributed by atoms with E-state index in [1.165, 1.54) is 0 Å². The first-order chi connectivity index (χ1) is 12.5. The first-order valence-corrected chi connectivity index (χ1v) is 8.97. The number of hydrogen-bond donors (Lipinski definition) is 1. The number of rotatable bonds is 4. The molecule has 0 aliphatic heterocycles. The molecule has 0 aliphatic rings. The maximum absolute atomic E-state index is 12.7. The van der Waals surface area contributed by atoms with Crippen molar-refractivity contribution in [1.82, 2.24) is 4.98 Å². The van der Waals surface area contributed by atoms with Gasteiger partial charge in [-0.25, -0.2) is 0 Å². The first kappa shape index (κ1) is 18.1. The van der Waals surface area contributed by atoms with Gasteiger partial charge in [-0.2, -0.15) is 0 Å². The van der Waals surface area contributed by atoms with Gasteiger partial charge in [0.25, 0.3) is 5.91 Å². The Bertz CT molecular complexity index is 970. The monoisotopic (exact) mass is 410 g/mol. The molecule has 1 N–H and O–H groups in total. The van der Waals surface area contributed by atoms with E-state index in [2.05, 4.69) is 26.2 Å². The largest absolute Gasteiger partial charge is 0.495 e. The number of amides is 1. The summed E-state index contributed by atoms with van der Waals surface area (Å²) in [4.78, 5) is 17.3. The third kappa shape index (κ3) is 3.94. The first-order valence-electron chi connectivity index (χ1n) is 8.17. The lowest BCUT2D eigenvalue weighted by atomic mass is 10.1. The number of nitrogens with zero attached hydrogens (tertiary/aromatic N) is 1. The number of nitrogens with one attached hydrogen (secondary N) is 1. The molecule has 1 amide bonds. The van der Waals surface area contributed by atoms with Gasteiger partial charge in [0.05, 0.1) is 29.7 Å². The number of ether oxygens (including phenoxy) is 1. The molecule has 1 aromatic heterocycles. The van der Waals surface area contributed by atoms with E-state index in [9.17, 15) is 4.79 Å². The van der Waals surface area contributed by atoms with E-state index in [1.807, 2.05) is 62.4 Å². The van der Waals surface area contributed by atoms with Gasteiger partial charge in [0.2, 0.25) is 0 Å². The van der Waals surface area contributed by atoms with Crippen LogP contribution in [0, 0.1) is 13.8 Å². The molecule has 2 aromatic carbocycles. The van der Waals surface area contributed by atoms with Gasteiger partial charge < -0.3 is 10.1 Å². The highest BCUT2D eigenvalue weighted by atomic mass is 79.9. The van der Waals surface area contributed by atoms with E-state index in [0.717, 1.165) is 21.3 Å². The van der Waals surface area contributed by atoms with Crippen LogP contribution in [0.5, 0.6) is 5.75 Å². The summed E-state index contributed by atoms with van der Waals surface area (Å²) in [5, 5.41) is 2.92. The number of aromatic nitrogens is 1. The van der Waals surface area contributed by atoms with Crippen molar-refractivity contribution in [2.24, 2.45) is 0 Å². The standard InChI is InChI=1S/C21H19BrN2O2/c1-13-7-10-20(26-3)19(11-13)24-21(25)17-8-9-18(23-14(17)2)15-5-4-6-16(22)12-15/h4-12H,1-3H3,(H,24,25). The zero-order valence-corrected chi connectivity index (χ0v) is 16.4. The second kappa shape index (κ2) is 7.70. The van der Waals surface area contributed by atoms with Gasteiger partial charge in [0.1, 0.15) is 5.75 Å². The molecule has 0 unspecified atom stereocenters. The topological polar surface area (TPSA) is 51.2 Å². The lowest BCUT2D eigenvalue weighted by molar-refractivity contribution is 0.102. The Labute approximate surface area is 161 Å². The Morgan fingerprint density at radius 1 is 1.08 bits per heavy atom. The SMILES string of the molecule is COc1ccc(C)cc1NC(=O)c1ccc(-c2cccc(Br)c2)nc1C. The summed E-state index contributed by atoms with van der Waals surface area (Å²) in [6, 6.07) is 17.2. The van der Waals surface area contributed by atoms with Gasteiger partial charge in [0, 0.05) is 10.0 Å². The van der Waals surface area contributed by atoms with Crippen molar-refractivity contribution < 1.29 is 9.53 Å². The smallest absolute Gasteiger partial charge is 0.257 e. The fraction of sp³-hybridized carbons (Fsp3) is 0.143. The van der Waals surface area contributed by atoms with Crippen LogP contribution < -0.4 is 10.1 Å². The Hall–Kier alpha value is -2.66. The molecule has 0 atom stereocenters. The fourth-order valence-electron chi connectivity index (χ4n) is 2.72. The summed E-state index contributed by atoms with van der Waals surface area (Å²) < 4.78 is 6.31. The van der Waals surface area contributed by atoms with Gasteiger partial charge in [-0.1, -0.05) is 34.1 Å². The van der Waals surface area contributed by atoms with Crippen LogP contribution in [0.25, 0.3) is 11.3 Å². The maximum Gasteiger partial charge on any atom is 0.257 e. The lowest BCUT2D eigenvalue weighted by Crippen LogP contribution is -2.15. The molecule has 3 aromatic rings. The van der Waals surface area contributed by atoms with Gasteiger partial charge in [-0.3, -0.25) is 9.78 Å². The Morgan fingerprint density at radius 3 is 2.58 bits per heavy atom. The van der Waals surface area contributed by atoms with Gasteiger partial charge in [0.15, 0.2) is 0 Å². The van der Waals surface area contributed by atoms with Crippen LogP contribution in [0.4, 0.5) is 5.69 Å². The average molecular weight is 411 g/mol. The van der Waals surface area contributed by atoms with Gasteiger partial charge >= 0.3 is 0 Å². The zero-order chi connectivity index (χ0) is 18.7. The summed E-state index contributed by atoms with van der Waals surface area (Å²) in [5.74, 6) is 0.417. The summed E-state index contributed by atoms with van der Waals surface area (Å²) in [6.07, 6.45) is 0. The second-order valence-electron chi connectivity index (χ2n) is 6.00. The molecule has 5 heteroatoms. The average Bonchev–Trinajstić information content (AvgIpc) is 2.61. The normalized spacial score (nSPS) is 10.5. The molecular weight excluding hydrogens is 392 g/mol. The van der Waals surface area contributed by atoms with Crippen LogP contribution in [-0.2, 0) is 0 Å². The predicted octanol–water partition coefficient (Wildman–Crippen LogP) is 5.39. The number of benzene rings is 2. The van der Waals surface area contributed by atoms with Crippen LogP contribution >= 0.6 is 15.9 Å². The Kier molecular flexibility index (Phi) is 5.38. The quantitative estimate of drug-likeness (QED) is 0.627. The van der Waals surface area contributed by atoms with E-state index in [-0.39, 0.29) is 5.91 Å². The summed E-state index contributed by atoms with van der Waals surface area (Å²) in [7, 11) is 1.58. The van der Waals surface area contributed by atoms with E-state index in [4.69, 9.17) is 4.74 Å². The number of halogens is 1. The van der Waals surface area contributed by atoms with Crippen LogP contribution in [0.3, 0.4) is 0 Å². The molecule has 0 saturated carbocycles. The Balaban J connectivity index is 1.88. The number of hydrogen-bond acceptors (Lipinski definition) is 3. The number of carbonyl (C=O) groups is 1. The highest BCUT2D eigenvalue weighted by Gasteiger charge is 2.14. The molecule has 0 fully saturated rings. The molecule has 132 valence electrons. The maximum atomic E-state index is 12.7. The third-order valence-electron chi connectivity index (χ3n) is 4.05. The predicted molar refractivity (Wildman–Crippen MR) is 108 cm³/mol. The van der Waals surface area contributed by atoms with E-state index >= 15 is 0 Å². The second-order valence-corrected chi connectivity index (χ2v) is 6.91. The minimum Gasteiger partial charge on any atom is -0.495 e. The number of methoxy groups -OCH3 is 1. The molecule has 0 aliphatic carbocycles. The molecule has 1 heterocycles. The minimum absolute atomic E-state index is 0.209. The van der Waals surface area contributed by atoms with E-state index in [0.29, 0.717) is 22.7 Å². The molecule has 0 saturated heterocycles. The number of aryl methyl sites for hydroxylation is 2. The van der Waals surface area contributed by atoms with Crippen molar-refractivity contribution in [3.63, 3.8) is 0 Å². The van der Waals surface area contributed by atoms with Crippen molar-refractivity contribution in [2.45, 2.75) is 13.8 Å². The molecule has 0 bridgehead atoms. The highest BCUT2D eigenvalue weighted by molar-refractivity contribution is 9.10. The highest BCUT2D eigenvalue weighted by Crippen LogP contribution is 2.27. The molecule has 0 spiro atoms. The molecular formula is C21H19BrN2O2. The fourth-order valence-corrected chi connectivity index (χ4v) is 3.12. The lowest BCUT2D eigenvalue weighted by Gasteiger charge is -2.12. The number of carbonyl (C=O) groups excluding carboxylic acids is 1. The molecule has 4 nitrogen and oxygen atoms in total. The number of pyridine rings is 1. The zero-order valence-electron chi connectivity index (χ0n) is 14.8. The van der Waals surface area contributed by atoms with Crippen LogP contribution in [0.1, 0.15) is 21.6 Å². The van der Waals surface area contributed by atoms with Crippen molar-refractivity contribution in [3.05, 3.63) is 75.9 Å². The summed E-state index contributed by atoms with van der Waals surface area (Å²) in [5.41, 5.74) is 4.72. The van der Waals surface area contributed by atoms with E-state index < -0.39 is 0 Å². The minimum atomic E-state index is -0.209. The third-order valence-corrected chi connectivity index (χ3v) is 4.55. The molecule has 0 radical (unpaired) electrons. The van der Waals surface area contributed by atoms with Gasteiger partial charge in [-0.15, -0.1) is 0 Å². The number of anilines is 1. The van der Waals surface area contributed by atoms with Crippen LogP contribution in [-0.4, -0.2) is 18.0 Å². The van der Waals surface area contributed by atoms with Crippen LogP contribution in [0.2, 0.25) is 0 Å². The van der Waals surface area contributed by atoms with Crippen molar-refractivity contribution in [2.75, 3.05) is 12.4 Å².